The molecule has 0 unspecified atom stereocenters. The Hall–Kier alpha value is -1.45. The standard InChI is InChI=1S/C16H16Cl2N2O/c1-20-13(10-12(17)14(20)18)15(21)19-16(8-5-9-16)11-6-3-2-4-7-11/h2-4,6-7,10H,5,8-9H2,1H3,(H,19,21). The summed E-state index contributed by atoms with van der Waals surface area (Å²) in [6.07, 6.45) is 3.02. The number of benzene rings is 1. The summed E-state index contributed by atoms with van der Waals surface area (Å²) in [5, 5.41) is 3.94. The van der Waals surface area contributed by atoms with E-state index in [4.69, 9.17) is 23.2 Å². The van der Waals surface area contributed by atoms with Crippen molar-refractivity contribution in [3.63, 3.8) is 0 Å². The highest BCUT2D eigenvalue weighted by Gasteiger charge is 2.40. The van der Waals surface area contributed by atoms with E-state index in [1.165, 1.54) is 0 Å². The van der Waals surface area contributed by atoms with E-state index in [1.807, 2.05) is 18.2 Å². The Bertz CT molecular complexity index is 675. The van der Waals surface area contributed by atoms with Crippen molar-refractivity contribution in [1.29, 1.82) is 0 Å². The number of rotatable bonds is 3. The van der Waals surface area contributed by atoms with Crippen LogP contribution in [-0.4, -0.2) is 10.5 Å². The van der Waals surface area contributed by atoms with Crippen molar-refractivity contribution in [3.8, 4) is 0 Å². The molecule has 1 aliphatic rings. The van der Waals surface area contributed by atoms with Gasteiger partial charge in [-0.15, -0.1) is 0 Å². The second kappa shape index (κ2) is 5.39. The van der Waals surface area contributed by atoms with Gasteiger partial charge >= 0.3 is 0 Å². The molecule has 0 bridgehead atoms. The molecule has 0 saturated heterocycles. The Morgan fingerprint density at radius 3 is 2.38 bits per heavy atom. The third-order valence-electron chi connectivity index (χ3n) is 4.24. The normalized spacial score (nSPS) is 16.3. The Kier molecular flexibility index (Phi) is 3.72. The van der Waals surface area contributed by atoms with Crippen LogP contribution in [0.3, 0.4) is 0 Å². The van der Waals surface area contributed by atoms with Crippen molar-refractivity contribution in [3.05, 3.63) is 57.8 Å². The highest BCUT2D eigenvalue weighted by atomic mass is 35.5. The molecule has 2 aromatic rings. The van der Waals surface area contributed by atoms with Crippen LogP contribution in [0.25, 0.3) is 0 Å². The summed E-state index contributed by atoms with van der Waals surface area (Å²) >= 11 is 12.0. The van der Waals surface area contributed by atoms with Crippen LogP contribution in [0.4, 0.5) is 0 Å². The van der Waals surface area contributed by atoms with E-state index in [9.17, 15) is 4.79 Å². The Morgan fingerprint density at radius 2 is 1.90 bits per heavy atom. The van der Waals surface area contributed by atoms with Gasteiger partial charge in [0.2, 0.25) is 0 Å². The predicted molar refractivity (Wildman–Crippen MR) is 84.9 cm³/mol. The number of aromatic nitrogens is 1. The van der Waals surface area contributed by atoms with Gasteiger partial charge in [-0.25, -0.2) is 0 Å². The number of halogens is 2. The van der Waals surface area contributed by atoms with Gasteiger partial charge in [0.1, 0.15) is 10.8 Å². The number of nitrogens with zero attached hydrogens (tertiary/aromatic N) is 1. The fourth-order valence-electron chi connectivity index (χ4n) is 2.81. The largest absolute Gasteiger partial charge is 0.341 e. The Labute approximate surface area is 133 Å². The van der Waals surface area contributed by atoms with E-state index < -0.39 is 0 Å². The van der Waals surface area contributed by atoms with Crippen molar-refractivity contribution in [2.24, 2.45) is 7.05 Å². The highest BCUT2D eigenvalue weighted by molar-refractivity contribution is 6.41. The molecule has 1 aromatic carbocycles. The average molecular weight is 323 g/mol. The van der Waals surface area contributed by atoms with Gasteiger partial charge in [-0.3, -0.25) is 4.79 Å². The molecule has 5 heteroatoms. The molecule has 0 radical (unpaired) electrons. The molecular weight excluding hydrogens is 307 g/mol. The third-order valence-corrected chi connectivity index (χ3v) is 5.08. The van der Waals surface area contributed by atoms with Gasteiger partial charge < -0.3 is 9.88 Å². The average Bonchev–Trinajstić information content (AvgIpc) is 2.71. The monoisotopic (exact) mass is 322 g/mol. The van der Waals surface area contributed by atoms with Crippen molar-refractivity contribution in [2.45, 2.75) is 24.8 Å². The summed E-state index contributed by atoms with van der Waals surface area (Å²) in [5.74, 6) is -0.144. The molecule has 0 atom stereocenters. The van der Waals surface area contributed by atoms with Crippen molar-refractivity contribution >= 4 is 29.1 Å². The maximum absolute atomic E-state index is 12.6. The summed E-state index contributed by atoms with van der Waals surface area (Å²) in [7, 11) is 1.74. The first-order chi connectivity index (χ1) is 10.0. The van der Waals surface area contributed by atoms with E-state index in [1.54, 1.807) is 17.7 Å². The van der Waals surface area contributed by atoms with Gasteiger partial charge in [-0.05, 0) is 30.9 Å². The van der Waals surface area contributed by atoms with E-state index in [0.717, 1.165) is 24.8 Å². The molecule has 3 rings (SSSR count). The fourth-order valence-corrected chi connectivity index (χ4v) is 3.19. The van der Waals surface area contributed by atoms with Crippen molar-refractivity contribution in [1.82, 2.24) is 9.88 Å². The molecule has 1 heterocycles. The zero-order valence-electron chi connectivity index (χ0n) is 11.7. The number of hydrogen-bond acceptors (Lipinski definition) is 1. The van der Waals surface area contributed by atoms with Crippen LogP contribution >= 0.6 is 23.2 Å². The zero-order valence-corrected chi connectivity index (χ0v) is 13.2. The SMILES string of the molecule is Cn1c(C(=O)NC2(c3ccccc3)CCC2)cc(Cl)c1Cl. The molecule has 1 aliphatic carbocycles. The molecule has 1 saturated carbocycles. The minimum absolute atomic E-state index is 0.144. The van der Waals surface area contributed by atoms with Gasteiger partial charge in [0, 0.05) is 7.05 Å². The number of carbonyl (C=O) groups is 1. The van der Waals surface area contributed by atoms with Crippen LogP contribution in [0.1, 0.15) is 35.3 Å². The molecule has 1 aromatic heterocycles. The lowest BCUT2D eigenvalue weighted by atomic mass is 9.71. The summed E-state index contributed by atoms with van der Waals surface area (Å²) in [4.78, 5) is 12.6. The number of carbonyl (C=O) groups excluding carboxylic acids is 1. The second-order valence-electron chi connectivity index (χ2n) is 5.48. The molecule has 1 N–H and O–H groups in total. The minimum atomic E-state index is -0.262. The lowest BCUT2D eigenvalue weighted by molar-refractivity contribution is 0.0815. The number of hydrogen-bond donors (Lipinski definition) is 1. The van der Waals surface area contributed by atoms with Crippen molar-refractivity contribution in [2.75, 3.05) is 0 Å². The molecule has 110 valence electrons. The van der Waals surface area contributed by atoms with E-state index in [2.05, 4.69) is 17.4 Å². The molecule has 1 fully saturated rings. The van der Waals surface area contributed by atoms with Gasteiger partial charge in [0.25, 0.3) is 5.91 Å². The summed E-state index contributed by atoms with van der Waals surface area (Å²) in [6, 6.07) is 11.7. The Balaban J connectivity index is 1.88. The van der Waals surface area contributed by atoms with E-state index in [-0.39, 0.29) is 11.4 Å². The second-order valence-corrected chi connectivity index (χ2v) is 6.25. The molecule has 0 aliphatic heterocycles. The lowest BCUT2D eigenvalue weighted by Crippen LogP contribution is -2.51. The topological polar surface area (TPSA) is 34.0 Å². The van der Waals surface area contributed by atoms with Crippen LogP contribution in [0.15, 0.2) is 36.4 Å². The Morgan fingerprint density at radius 1 is 1.24 bits per heavy atom. The molecule has 21 heavy (non-hydrogen) atoms. The van der Waals surface area contributed by atoms with Gasteiger partial charge in [-0.1, -0.05) is 53.5 Å². The van der Waals surface area contributed by atoms with Crippen LogP contribution < -0.4 is 5.32 Å². The van der Waals surface area contributed by atoms with Crippen LogP contribution in [-0.2, 0) is 12.6 Å². The number of amides is 1. The summed E-state index contributed by atoms with van der Waals surface area (Å²) in [5.41, 5.74) is 1.37. The third kappa shape index (κ3) is 2.45. The fraction of sp³-hybridized carbons (Fsp3) is 0.312. The summed E-state index contributed by atoms with van der Waals surface area (Å²) < 4.78 is 1.61. The van der Waals surface area contributed by atoms with Gasteiger partial charge in [0.15, 0.2) is 0 Å². The predicted octanol–water partition coefficient (Wildman–Crippen LogP) is 4.14. The highest BCUT2D eigenvalue weighted by Crippen LogP contribution is 2.41. The van der Waals surface area contributed by atoms with Crippen LogP contribution in [0.2, 0.25) is 10.2 Å². The maximum Gasteiger partial charge on any atom is 0.268 e. The maximum atomic E-state index is 12.6. The van der Waals surface area contributed by atoms with Crippen molar-refractivity contribution < 1.29 is 4.79 Å². The molecule has 0 spiro atoms. The van der Waals surface area contributed by atoms with E-state index >= 15 is 0 Å². The van der Waals surface area contributed by atoms with E-state index in [0.29, 0.717) is 15.9 Å². The zero-order chi connectivity index (χ0) is 15.0. The first-order valence-electron chi connectivity index (χ1n) is 6.92. The first kappa shape index (κ1) is 14.5. The smallest absolute Gasteiger partial charge is 0.268 e. The van der Waals surface area contributed by atoms with Gasteiger partial charge in [-0.2, -0.15) is 0 Å². The minimum Gasteiger partial charge on any atom is -0.341 e. The molecule has 3 nitrogen and oxygen atoms in total. The quantitative estimate of drug-likeness (QED) is 0.905. The molecule has 1 amide bonds. The van der Waals surface area contributed by atoms with Crippen LogP contribution in [0.5, 0.6) is 0 Å². The summed E-state index contributed by atoms with van der Waals surface area (Å²) in [6.45, 7) is 0. The lowest BCUT2D eigenvalue weighted by Gasteiger charge is -2.43. The molecular formula is C16H16Cl2N2O. The van der Waals surface area contributed by atoms with Gasteiger partial charge in [0.05, 0.1) is 10.6 Å². The first-order valence-corrected chi connectivity index (χ1v) is 7.68. The van der Waals surface area contributed by atoms with Crippen LogP contribution in [0, 0.1) is 0 Å². The number of nitrogens with one attached hydrogen (secondary N) is 1.